The van der Waals surface area contributed by atoms with Gasteiger partial charge in [-0.2, -0.15) is 0 Å². The lowest BCUT2D eigenvalue weighted by molar-refractivity contribution is -0.351. The Labute approximate surface area is 245 Å². The molecule has 19 nitrogen and oxygen atoms in total. The largest absolute Gasteiger partial charge is 0.394 e. The van der Waals surface area contributed by atoms with Crippen LogP contribution in [0.15, 0.2) is 0 Å². The lowest BCUT2D eigenvalue weighted by Gasteiger charge is -2.49. The van der Waals surface area contributed by atoms with E-state index in [0.29, 0.717) is 0 Å². The maximum absolute atomic E-state index is 12.1. The fourth-order valence-corrected chi connectivity index (χ4v) is 5.28. The zero-order chi connectivity index (χ0) is 32.2. The Balaban J connectivity index is 1.89. The highest BCUT2D eigenvalue weighted by Crippen LogP contribution is 2.32. The number of carbonyl (C=O) groups excluding carboxylic acids is 3. The summed E-state index contributed by atoms with van der Waals surface area (Å²) >= 11 is 0. The van der Waals surface area contributed by atoms with Crippen molar-refractivity contribution >= 4 is 17.7 Å². The fraction of sp³-hybridized carbons (Fsp3) is 0.875. The van der Waals surface area contributed by atoms with E-state index in [0.717, 1.165) is 20.8 Å². The number of hydrogen-bond acceptors (Lipinski definition) is 16. The molecule has 43 heavy (non-hydrogen) atoms. The second kappa shape index (κ2) is 15.3. The summed E-state index contributed by atoms with van der Waals surface area (Å²) in [5, 5.41) is 90.0. The first-order chi connectivity index (χ1) is 20.2. The smallest absolute Gasteiger partial charge is 0.217 e. The van der Waals surface area contributed by atoms with E-state index in [1.165, 1.54) is 0 Å². The van der Waals surface area contributed by atoms with E-state index >= 15 is 0 Å². The summed E-state index contributed by atoms with van der Waals surface area (Å²) in [5.41, 5.74) is 0. The van der Waals surface area contributed by atoms with E-state index in [2.05, 4.69) is 16.0 Å². The lowest BCUT2D eigenvalue weighted by atomic mass is 9.93. The van der Waals surface area contributed by atoms with Crippen molar-refractivity contribution in [1.29, 1.82) is 0 Å². The lowest BCUT2D eigenvalue weighted by Crippen LogP contribution is -2.71. The molecule has 0 aromatic carbocycles. The third-order valence-electron chi connectivity index (χ3n) is 7.30. The molecule has 0 aliphatic carbocycles. The van der Waals surface area contributed by atoms with E-state index in [9.17, 15) is 55.2 Å². The molecule has 0 aromatic rings. The topological polar surface area (TPSA) is 295 Å². The molecule has 0 radical (unpaired) electrons. The molecular weight excluding hydrogens is 586 g/mol. The van der Waals surface area contributed by atoms with Gasteiger partial charge in [-0.15, -0.1) is 0 Å². The second-order valence-corrected chi connectivity index (χ2v) is 10.5. The van der Waals surface area contributed by atoms with Gasteiger partial charge in [-0.1, -0.05) is 0 Å². The van der Waals surface area contributed by atoms with Gasteiger partial charge in [0.05, 0.1) is 19.8 Å². The van der Waals surface area contributed by atoms with Gasteiger partial charge < -0.3 is 80.5 Å². The third kappa shape index (κ3) is 8.14. The molecule has 3 aliphatic rings. The molecule has 248 valence electrons. The fourth-order valence-electron chi connectivity index (χ4n) is 5.28. The van der Waals surface area contributed by atoms with Crippen molar-refractivity contribution in [2.75, 3.05) is 19.8 Å². The predicted molar refractivity (Wildman–Crippen MR) is 136 cm³/mol. The van der Waals surface area contributed by atoms with Gasteiger partial charge in [0.2, 0.25) is 17.7 Å². The van der Waals surface area contributed by atoms with E-state index in [1.54, 1.807) is 0 Å². The molecule has 3 rings (SSSR count). The van der Waals surface area contributed by atoms with Crippen molar-refractivity contribution in [3.8, 4) is 0 Å². The molecule has 0 saturated carbocycles. The van der Waals surface area contributed by atoms with E-state index in [4.69, 9.17) is 23.7 Å². The molecule has 19 heteroatoms. The number of amides is 3. The van der Waals surface area contributed by atoms with Crippen molar-refractivity contribution in [1.82, 2.24) is 16.0 Å². The molecule has 0 aromatic heterocycles. The van der Waals surface area contributed by atoms with Crippen LogP contribution in [0, 0.1) is 0 Å². The number of aliphatic hydroxyl groups excluding tert-OH is 8. The van der Waals surface area contributed by atoms with Crippen LogP contribution < -0.4 is 16.0 Å². The number of ether oxygens (including phenoxy) is 5. The minimum absolute atomic E-state index is 0.628. The molecule has 11 N–H and O–H groups in total. The van der Waals surface area contributed by atoms with E-state index < -0.39 is 129 Å². The van der Waals surface area contributed by atoms with Crippen LogP contribution in [0.1, 0.15) is 20.8 Å². The summed E-state index contributed by atoms with van der Waals surface area (Å²) in [6, 6.07) is -4.31. The number of nitrogens with one attached hydrogen (secondary N) is 3. The minimum atomic E-state index is -1.77. The van der Waals surface area contributed by atoms with Crippen LogP contribution in [0.25, 0.3) is 0 Å². The quantitative estimate of drug-likeness (QED) is 0.107. The van der Waals surface area contributed by atoms with Crippen LogP contribution in [-0.2, 0) is 38.1 Å². The minimum Gasteiger partial charge on any atom is -0.394 e. The molecular formula is C24H41N3O16. The van der Waals surface area contributed by atoms with Crippen LogP contribution >= 0.6 is 0 Å². The summed E-state index contributed by atoms with van der Waals surface area (Å²) < 4.78 is 28.3. The van der Waals surface area contributed by atoms with Gasteiger partial charge in [-0.25, -0.2) is 0 Å². The van der Waals surface area contributed by atoms with Gasteiger partial charge in [-0.3, -0.25) is 14.4 Å². The number of rotatable bonds is 10. The highest BCUT2D eigenvalue weighted by Gasteiger charge is 2.54. The Hall–Kier alpha value is -2.11. The van der Waals surface area contributed by atoms with Gasteiger partial charge in [0, 0.05) is 20.8 Å². The maximum atomic E-state index is 12.1. The molecule has 3 fully saturated rings. The zero-order valence-electron chi connectivity index (χ0n) is 23.6. The van der Waals surface area contributed by atoms with Crippen LogP contribution in [0.4, 0.5) is 0 Å². The Morgan fingerprint density at radius 1 is 0.558 bits per heavy atom. The predicted octanol–water partition coefficient (Wildman–Crippen LogP) is -7.14. The first kappa shape index (κ1) is 35.4. The van der Waals surface area contributed by atoms with Gasteiger partial charge in [0.25, 0.3) is 0 Å². The monoisotopic (exact) mass is 627 g/mol. The highest BCUT2D eigenvalue weighted by atomic mass is 16.7. The van der Waals surface area contributed by atoms with Crippen LogP contribution in [-0.4, -0.2) is 170 Å². The highest BCUT2D eigenvalue weighted by molar-refractivity contribution is 5.74. The van der Waals surface area contributed by atoms with Gasteiger partial charge in [0.1, 0.15) is 73.1 Å². The van der Waals surface area contributed by atoms with Gasteiger partial charge >= 0.3 is 0 Å². The summed E-state index contributed by atoms with van der Waals surface area (Å²) in [6.07, 6.45) is -19.0. The number of aliphatic hydroxyl groups is 8. The summed E-state index contributed by atoms with van der Waals surface area (Å²) in [5.74, 6) is -1.96. The van der Waals surface area contributed by atoms with Gasteiger partial charge in [-0.05, 0) is 0 Å². The van der Waals surface area contributed by atoms with Crippen molar-refractivity contribution in [3.63, 3.8) is 0 Å². The Kier molecular flexibility index (Phi) is 12.5. The molecule has 3 amide bonds. The number of hydrogen-bond donors (Lipinski definition) is 11. The molecule has 3 aliphatic heterocycles. The Bertz CT molecular complexity index is 962. The van der Waals surface area contributed by atoms with Crippen molar-refractivity contribution < 1.29 is 78.9 Å². The molecule has 0 bridgehead atoms. The number of carbonyl (C=O) groups is 3. The SMILES string of the molecule is CC(=O)N[C@@H]1[C@H](O[C@H]2[C@H](O)[C@@H](NC(C)=O)[C@H](O[C@H]3[C@H](O)[C@@H](NC(C)=O)[C@H](O)O[C@H]3CO)O[C@H]2CO)O[C@H](CO)[C@@H](O)[C@@H]1O. The van der Waals surface area contributed by atoms with E-state index in [-0.39, 0.29) is 0 Å². The average Bonchev–Trinajstić information content (AvgIpc) is 2.94. The normalized spacial score (nSPS) is 43.5. The van der Waals surface area contributed by atoms with Crippen LogP contribution in [0.3, 0.4) is 0 Å². The summed E-state index contributed by atoms with van der Waals surface area (Å²) in [6.45, 7) is 0.995. The average molecular weight is 628 g/mol. The summed E-state index contributed by atoms with van der Waals surface area (Å²) in [4.78, 5) is 35.5. The maximum Gasteiger partial charge on any atom is 0.217 e. The third-order valence-corrected chi connectivity index (χ3v) is 7.30. The molecule has 0 unspecified atom stereocenters. The van der Waals surface area contributed by atoms with Crippen molar-refractivity contribution in [2.24, 2.45) is 0 Å². The van der Waals surface area contributed by atoms with Gasteiger partial charge in [0.15, 0.2) is 18.9 Å². The Morgan fingerprint density at radius 3 is 1.37 bits per heavy atom. The molecule has 3 saturated heterocycles. The van der Waals surface area contributed by atoms with Crippen LogP contribution in [0.5, 0.6) is 0 Å². The van der Waals surface area contributed by atoms with E-state index in [1.807, 2.05) is 0 Å². The standard InChI is InChI=1S/C24H41N3O16/c1-7(31)25-13-18(36)20(11(5-29)39-22(13)38)42-24-15(27-9(3)33)19(37)21(12(6-30)41-24)43-23-14(26-8(2)32)17(35)16(34)10(4-28)40-23/h10-24,28-30,34-38H,4-6H2,1-3H3,(H,25,31)(H,26,32)(H,27,33)/t10-,11+,12+,13-,14+,15-,16-,17-,18-,19-,20-,21-,22-,23+,24+/m1/s1. The van der Waals surface area contributed by atoms with Crippen LogP contribution in [0.2, 0.25) is 0 Å². The first-order valence-electron chi connectivity index (χ1n) is 13.5. The summed E-state index contributed by atoms with van der Waals surface area (Å²) in [7, 11) is 0. The molecule has 0 spiro atoms. The molecule has 15 atom stereocenters. The molecule has 3 heterocycles. The van der Waals surface area contributed by atoms with Crippen molar-refractivity contribution in [3.05, 3.63) is 0 Å². The second-order valence-electron chi connectivity index (χ2n) is 10.5. The van der Waals surface area contributed by atoms with Crippen molar-refractivity contribution in [2.45, 2.75) is 113 Å². The Morgan fingerprint density at radius 2 is 0.930 bits per heavy atom. The first-order valence-corrected chi connectivity index (χ1v) is 13.5. The zero-order valence-corrected chi connectivity index (χ0v) is 23.6.